The molecule has 0 unspecified atom stereocenters. The lowest BCUT2D eigenvalue weighted by molar-refractivity contribution is 0.462. The van der Waals surface area contributed by atoms with Crippen molar-refractivity contribution in [1.82, 2.24) is 9.97 Å². The molecule has 0 aliphatic rings. The van der Waals surface area contributed by atoms with E-state index in [9.17, 15) is 0 Å². The number of hydrogen-bond acceptors (Lipinski definition) is 4. The van der Waals surface area contributed by atoms with Crippen molar-refractivity contribution in [2.45, 2.75) is 12.8 Å². The van der Waals surface area contributed by atoms with Gasteiger partial charge in [-0.3, -0.25) is 4.98 Å². The highest BCUT2D eigenvalue weighted by Crippen LogP contribution is 2.08. The van der Waals surface area contributed by atoms with Gasteiger partial charge in [-0.1, -0.05) is 6.07 Å². The first-order chi connectivity index (χ1) is 7.38. The van der Waals surface area contributed by atoms with E-state index in [2.05, 4.69) is 9.97 Å². The van der Waals surface area contributed by atoms with Crippen molar-refractivity contribution in [3.05, 3.63) is 47.9 Å². The second-order valence-electron chi connectivity index (χ2n) is 3.26. The summed E-state index contributed by atoms with van der Waals surface area (Å²) in [4.78, 5) is 8.34. The van der Waals surface area contributed by atoms with Crippen molar-refractivity contribution < 1.29 is 4.42 Å². The molecule has 0 amide bonds. The fourth-order valence-electron chi connectivity index (χ4n) is 1.35. The van der Waals surface area contributed by atoms with E-state index in [1.807, 2.05) is 18.2 Å². The molecule has 0 aromatic carbocycles. The Morgan fingerprint density at radius 2 is 2.20 bits per heavy atom. The number of nitrogens with zero attached hydrogens (tertiary/aromatic N) is 2. The lowest BCUT2D eigenvalue weighted by atomic mass is 10.2. The van der Waals surface area contributed by atoms with E-state index >= 15 is 0 Å². The Morgan fingerprint density at radius 3 is 2.93 bits per heavy atom. The van der Waals surface area contributed by atoms with Crippen LogP contribution >= 0.6 is 0 Å². The normalized spacial score (nSPS) is 10.5. The van der Waals surface area contributed by atoms with E-state index in [0.717, 1.165) is 11.5 Å². The van der Waals surface area contributed by atoms with Crippen molar-refractivity contribution in [3.8, 4) is 0 Å². The molecule has 2 rings (SSSR count). The summed E-state index contributed by atoms with van der Waals surface area (Å²) in [7, 11) is 0. The van der Waals surface area contributed by atoms with Crippen LogP contribution in [0.3, 0.4) is 0 Å². The lowest BCUT2D eigenvalue weighted by Gasteiger charge is -1.95. The van der Waals surface area contributed by atoms with Crippen LogP contribution in [-0.4, -0.2) is 16.5 Å². The Labute approximate surface area is 88.2 Å². The molecule has 0 spiro atoms. The van der Waals surface area contributed by atoms with E-state index < -0.39 is 0 Å². The summed E-state index contributed by atoms with van der Waals surface area (Å²) in [5, 5.41) is 0. The fourth-order valence-corrected chi connectivity index (χ4v) is 1.35. The van der Waals surface area contributed by atoms with Gasteiger partial charge < -0.3 is 10.2 Å². The predicted molar refractivity (Wildman–Crippen MR) is 56.3 cm³/mol. The lowest BCUT2D eigenvalue weighted by Crippen LogP contribution is -2.02. The number of oxazole rings is 1. The third-order valence-electron chi connectivity index (χ3n) is 2.04. The zero-order valence-corrected chi connectivity index (χ0v) is 8.39. The van der Waals surface area contributed by atoms with Crippen molar-refractivity contribution in [2.75, 3.05) is 6.54 Å². The predicted octanol–water partition coefficient (Wildman–Crippen LogP) is 1.16. The van der Waals surface area contributed by atoms with Gasteiger partial charge in [0.1, 0.15) is 5.76 Å². The van der Waals surface area contributed by atoms with Crippen LogP contribution in [0.5, 0.6) is 0 Å². The molecule has 2 aromatic rings. The van der Waals surface area contributed by atoms with E-state index in [4.69, 9.17) is 10.2 Å². The average Bonchev–Trinajstić information content (AvgIpc) is 2.68. The quantitative estimate of drug-likeness (QED) is 0.809. The summed E-state index contributed by atoms with van der Waals surface area (Å²) in [6, 6.07) is 5.81. The van der Waals surface area contributed by atoms with E-state index in [1.54, 1.807) is 12.4 Å². The first kappa shape index (κ1) is 9.86. The fraction of sp³-hybridized carbons (Fsp3) is 0.273. The Hall–Kier alpha value is -1.68. The topological polar surface area (TPSA) is 64.9 Å². The second-order valence-corrected chi connectivity index (χ2v) is 3.26. The van der Waals surface area contributed by atoms with Crippen LogP contribution in [0.2, 0.25) is 0 Å². The van der Waals surface area contributed by atoms with Gasteiger partial charge >= 0.3 is 0 Å². The van der Waals surface area contributed by atoms with Gasteiger partial charge in [0.2, 0.25) is 0 Å². The van der Waals surface area contributed by atoms with E-state index in [0.29, 0.717) is 25.3 Å². The van der Waals surface area contributed by atoms with E-state index in [1.165, 1.54) is 0 Å². The summed E-state index contributed by atoms with van der Waals surface area (Å²) in [6.45, 7) is 0.559. The van der Waals surface area contributed by atoms with Gasteiger partial charge in [-0.05, 0) is 12.1 Å². The van der Waals surface area contributed by atoms with Crippen LogP contribution < -0.4 is 5.73 Å². The Morgan fingerprint density at radius 1 is 1.27 bits per heavy atom. The highest BCUT2D eigenvalue weighted by molar-refractivity contribution is 5.11. The number of nitrogens with two attached hydrogens (primary N) is 1. The molecule has 4 nitrogen and oxygen atoms in total. The highest BCUT2D eigenvalue weighted by atomic mass is 16.4. The van der Waals surface area contributed by atoms with Crippen LogP contribution in [0, 0.1) is 0 Å². The molecule has 0 saturated heterocycles. The minimum atomic E-state index is 0.559. The minimum Gasteiger partial charge on any atom is -0.445 e. The summed E-state index contributed by atoms with van der Waals surface area (Å²) in [6.07, 6.45) is 4.87. The van der Waals surface area contributed by atoms with Crippen LogP contribution in [-0.2, 0) is 12.8 Å². The molecule has 2 heterocycles. The molecule has 0 fully saturated rings. The Bertz CT molecular complexity index is 411. The first-order valence-electron chi connectivity index (χ1n) is 4.92. The maximum absolute atomic E-state index is 5.50. The standard InChI is InChI=1S/C11H13N3O/c12-5-4-11-14-8-10(15-11)7-9-3-1-2-6-13-9/h1-3,6,8H,4-5,7,12H2. The van der Waals surface area contributed by atoms with Crippen molar-refractivity contribution in [1.29, 1.82) is 0 Å². The van der Waals surface area contributed by atoms with Gasteiger partial charge in [0.05, 0.1) is 6.20 Å². The second kappa shape index (κ2) is 4.70. The summed E-state index contributed by atoms with van der Waals surface area (Å²) < 4.78 is 5.50. The Balaban J connectivity index is 2.05. The maximum atomic E-state index is 5.50. The van der Waals surface area contributed by atoms with Crippen LogP contribution in [0.1, 0.15) is 17.3 Å². The average molecular weight is 203 g/mol. The molecule has 15 heavy (non-hydrogen) atoms. The molecule has 0 saturated carbocycles. The van der Waals surface area contributed by atoms with Gasteiger partial charge in [0.25, 0.3) is 0 Å². The third-order valence-corrected chi connectivity index (χ3v) is 2.04. The SMILES string of the molecule is NCCc1ncc(Cc2ccccn2)o1. The summed E-state index contributed by atoms with van der Waals surface area (Å²) in [5.41, 5.74) is 6.39. The molecule has 4 heteroatoms. The molecule has 78 valence electrons. The zero-order valence-electron chi connectivity index (χ0n) is 8.39. The van der Waals surface area contributed by atoms with Crippen molar-refractivity contribution in [2.24, 2.45) is 5.73 Å². The zero-order chi connectivity index (χ0) is 10.5. The summed E-state index contributed by atoms with van der Waals surface area (Å²) in [5.74, 6) is 1.53. The van der Waals surface area contributed by atoms with Gasteiger partial charge in [0, 0.05) is 31.3 Å². The van der Waals surface area contributed by atoms with Crippen molar-refractivity contribution in [3.63, 3.8) is 0 Å². The third kappa shape index (κ3) is 2.63. The number of pyridine rings is 1. The monoisotopic (exact) mass is 203 g/mol. The smallest absolute Gasteiger partial charge is 0.195 e. The molecule has 2 N–H and O–H groups in total. The largest absolute Gasteiger partial charge is 0.445 e. The molecule has 2 aromatic heterocycles. The molecule has 0 aliphatic heterocycles. The van der Waals surface area contributed by atoms with Crippen LogP contribution in [0.25, 0.3) is 0 Å². The summed E-state index contributed by atoms with van der Waals surface area (Å²) >= 11 is 0. The number of aromatic nitrogens is 2. The van der Waals surface area contributed by atoms with E-state index in [-0.39, 0.29) is 0 Å². The van der Waals surface area contributed by atoms with Gasteiger partial charge in [0.15, 0.2) is 5.89 Å². The number of rotatable bonds is 4. The molecule has 0 bridgehead atoms. The number of hydrogen-bond donors (Lipinski definition) is 1. The van der Waals surface area contributed by atoms with Crippen LogP contribution in [0.4, 0.5) is 0 Å². The van der Waals surface area contributed by atoms with Crippen molar-refractivity contribution >= 4 is 0 Å². The molecule has 0 aliphatic carbocycles. The molecular weight excluding hydrogens is 190 g/mol. The maximum Gasteiger partial charge on any atom is 0.195 e. The molecular formula is C11H13N3O. The minimum absolute atomic E-state index is 0.559. The Kier molecular flexibility index (Phi) is 3.09. The van der Waals surface area contributed by atoms with Gasteiger partial charge in [-0.15, -0.1) is 0 Å². The van der Waals surface area contributed by atoms with Gasteiger partial charge in [-0.25, -0.2) is 4.98 Å². The first-order valence-corrected chi connectivity index (χ1v) is 4.92. The highest BCUT2D eigenvalue weighted by Gasteiger charge is 2.04. The van der Waals surface area contributed by atoms with Crippen LogP contribution in [0.15, 0.2) is 35.0 Å². The molecule has 0 atom stereocenters. The molecule has 0 radical (unpaired) electrons. The van der Waals surface area contributed by atoms with Gasteiger partial charge in [-0.2, -0.15) is 0 Å².